The summed E-state index contributed by atoms with van der Waals surface area (Å²) in [6.07, 6.45) is 1.38. The van der Waals surface area contributed by atoms with Crippen LogP contribution in [0.4, 0.5) is 5.69 Å². The molecule has 0 unspecified atom stereocenters. The zero-order chi connectivity index (χ0) is 15.5. The van der Waals surface area contributed by atoms with Gasteiger partial charge in [0.1, 0.15) is 11.6 Å². The SMILES string of the molecule is Cc1cc(S(=O)(=O)O)ccc1NC=C(C#N)c1nn[nH]n1. The summed E-state index contributed by atoms with van der Waals surface area (Å²) in [5, 5.41) is 24.8. The van der Waals surface area contributed by atoms with Gasteiger partial charge in [0.25, 0.3) is 10.1 Å². The molecule has 0 spiro atoms. The first-order valence-corrected chi connectivity index (χ1v) is 7.04. The molecule has 0 amide bonds. The van der Waals surface area contributed by atoms with Crippen molar-refractivity contribution in [1.82, 2.24) is 20.6 Å². The minimum atomic E-state index is -4.24. The number of nitrogens with one attached hydrogen (secondary N) is 2. The van der Waals surface area contributed by atoms with Crippen molar-refractivity contribution >= 4 is 21.4 Å². The van der Waals surface area contributed by atoms with Crippen LogP contribution in [0.15, 0.2) is 29.3 Å². The van der Waals surface area contributed by atoms with Crippen LogP contribution in [-0.2, 0) is 10.1 Å². The van der Waals surface area contributed by atoms with E-state index in [1.165, 1.54) is 24.4 Å². The number of anilines is 1. The van der Waals surface area contributed by atoms with Crippen LogP contribution in [0.2, 0.25) is 0 Å². The van der Waals surface area contributed by atoms with Gasteiger partial charge in [-0.2, -0.15) is 18.9 Å². The highest BCUT2D eigenvalue weighted by Crippen LogP contribution is 2.20. The van der Waals surface area contributed by atoms with Crippen LogP contribution in [0.5, 0.6) is 0 Å². The number of aromatic amines is 1. The Morgan fingerprint density at radius 3 is 2.81 bits per heavy atom. The largest absolute Gasteiger partial charge is 0.360 e. The van der Waals surface area contributed by atoms with Crippen LogP contribution >= 0.6 is 0 Å². The van der Waals surface area contributed by atoms with Crippen LogP contribution in [-0.4, -0.2) is 33.6 Å². The quantitative estimate of drug-likeness (QED) is 0.553. The van der Waals surface area contributed by atoms with Crippen molar-refractivity contribution in [2.45, 2.75) is 11.8 Å². The fourth-order valence-electron chi connectivity index (χ4n) is 1.53. The normalized spacial score (nSPS) is 12.0. The number of nitriles is 1. The molecule has 0 aliphatic heterocycles. The second-order valence-corrected chi connectivity index (χ2v) is 5.42. The van der Waals surface area contributed by atoms with Crippen LogP contribution in [0.1, 0.15) is 11.4 Å². The van der Waals surface area contributed by atoms with Gasteiger partial charge in [-0.05, 0) is 35.9 Å². The molecule has 21 heavy (non-hydrogen) atoms. The van der Waals surface area contributed by atoms with E-state index in [-0.39, 0.29) is 16.3 Å². The number of tetrazole rings is 1. The lowest BCUT2D eigenvalue weighted by Crippen LogP contribution is -2.00. The second-order valence-electron chi connectivity index (χ2n) is 4.00. The van der Waals surface area contributed by atoms with Gasteiger partial charge in [0.15, 0.2) is 0 Å². The molecule has 2 aromatic rings. The zero-order valence-electron chi connectivity index (χ0n) is 10.8. The molecule has 0 fully saturated rings. The molecule has 10 heteroatoms. The van der Waals surface area contributed by atoms with Gasteiger partial charge >= 0.3 is 0 Å². The minimum absolute atomic E-state index is 0.136. The number of rotatable bonds is 4. The van der Waals surface area contributed by atoms with Gasteiger partial charge in [-0.25, -0.2) is 0 Å². The number of nitrogens with zero attached hydrogens (tertiary/aromatic N) is 4. The first-order chi connectivity index (χ1) is 9.91. The lowest BCUT2D eigenvalue weighted by atomic mass is 10.2. The molecule has 108 valence electrons. The fourth-order valence-corrected chi connectivity index (χ4v) is 2.10. The van der Waals surface area contributed by atoms with Crippen molar-refractivity contribution in [3.05, 3.63) is 35.8 Å². The van der Waals surface area contributed by atoms with Crippen molar-refractivity contribution in [1.29, 1.82) is 5.26 Å². The minimum Gasteiger partial charge on any atom is -0.360 e. The summed E-state index contributed by atoms with van der Waals surface area (Å²) < 4.78 is 31.0. The number of allylic oxidation sites excluding steroid dienone is 1. The molecule has 0 aliphatic rings. The average Bonchev–Trinajstić information content (AvgIpc) is 2.94. The molecule has 1 aromatic carbocycles. The lowest BCUT2D eigenvalue weighted by molar-refractivity contribution is 0.483. The maximum absolute atomic E-state index is 11.0. The Bertz CT molecular complexity index is 820. The van der Waals surface area contributed by atoms with Crippen molar-refractivity contribution in [3.63, 3.8) is 0 Å². The Balaban J connectivity index is 2.27. The van der Waals surface area contributed by atoms with Gasteiger partial charge in [-0.3, -0.25) is 4.55 Å². The summed E-state index contributed by atoms with van der Waals surface area (Å²) in [5.41, 5.74) is 1.30. The third kappa shape index (κ3) is 3.41. The van der Waals surface area contributed by atoms with E-state index >= 15 is 0 Å². The number of hydrogen-bond donors (Lipinski definition) is 3. The van der Waals surface area contributed by atoms with Gasteiger partial charge in [0.2, 0.25) is 5.82 Å². The van der Waals surface area contributed by atoms with E-state index in [4.69, 9.17) is 9.81 Å². The molecular weight excluding hydrogens is 296 g/mol. The molecule has 0 aliphatic carbocycles. The van der Waals surface area contributed by atoms with Crippen molar-refractivity contribution in [3.8, 4) is 6.07 Å². The van der Waals surface area contributed by atoms with Crippen LogP contribution < -0.4 is 5.32 Å². The Hall–Kier alpha value is -2.77. The van der Waals surface area contributed by atoms with E-state index in [2.05, 4.69) is 25.9 Å². The summed E-state index contributed by atoms with van der Waals surface area (Å²) in [6.45, 7) is 1.66. The molecular formula is C11H10N6O3S. The van der Waals surface area contributed by atoms with Gasteiger partial charge in [0.05, 0.1) is 4.90 Å². The van der Waals surface area contributed by atoms with E-state index < -0.39 is 10.1 Å². The summed E-state index contributed by atoms with van der Waals surface area (Å²) in [6, 6.07) is 5.94. The van der Waals surface area contributed by atoms with Crippen molar-refractivity contribution in [2.75, 3.05) is 5.32 Å². The third-order valence-corrected chi connectivity index (χ3v) is 3.42. The zero-order valence-corrected chi connectivity index (χ0v) is 11.6. The van der Waals surface area contributed by atoms with Crippen LogP contribution in [0.3, 0.4) is 0 Å². The number of aromatic nitrogens is 4. The third-order valence-electron chi connectivity index (χ3n) is 2.57. The monoisotopic (exact) mass is 306 g/mol. The summed E-state index contributed by atoms with van der Waals surface area (Å²) in [4.78, 5) is -0.201. The van der Waals surface area contributed by atoms with Gasteiger partial charge in [-0.1, -0.05) is 0 Å². The maximum atomic E-state index is 11.0. The number of benzene rings is 1. The number of H-pyrrole nitrogens is 1. The Morgan fingerprint density at radius 1 is 1.52 bits per heavy atom. The predicted molar refractivity (Wildman–Crippen MR) is 72.4 cm³/mol. The van der Waals surface area contributed by atoms with Crippen LogP contribution in [0, 0.1) is 18.3 Å². The highest BCUT2D eigenvalue weighted by atomic mass is 32.2. The van der Waals surface area contributed by atoms with Crippen LogP contribution in [0.25, 0.3) is 5.57 Å². The van der Waals surface area contributed by atoms with Crippen molar-refractivity contribution < 1.29 is 13.0 Å². The number of hydrogen-bond acceptors (Lipinski definition) is 7. The molecule has 0 atom stereocenters. The van der Waals surface area contributed by atoms with E-state index in [9.17, 15) is 8.42 Å². The molecule has 1 aromatic heterocycles. The van der Waals surface area contributed by atoms with E-state index in [0.29, 0.717) is 11.3 Å². The standard InChI is InChI=1S/C11H10N6O3S/c1-7-4-9(21(18,19)20)2-3-10(7)13-6-8(5-12)11-14-16-17-15-11/h2-4,6,13H,1H3,(H,18,19,20)(H,14,15,16,17). The van der Waals surface area contributed by atoms with Gasteiger partial charge in [-0.15, -0.1) is 10.2 Å². The summed E-state index contributed by atoms with van der Waals surface area (Å²) in [7, 11) is -4.24. The predicted octanol–water partition coefficient (Wildman–Crippen LogP) is 0.731. The fraction of sp³-hybridized carbons (Fsp3) is 0.0909. The molecule has 0 bridgehead atoms. The van der Waals surface area contributed by atoms with E-state index in [1.54, 1.807) is 6.92 Å². The number of aryl methyl sites for hydroxylation is 1. The summed E-state index contributed by atoms with van der Waals surface area (Å²) in [5.74, 6) is 0.136. The first-order valence-electron chi connectivity index (χ1n) is 5.60. The van der Waals surface area contributed by atoms with Gasteiger partial charge < -0.3 is 5.32 Å². The Morgan fingerprint density at radius 2 is 2.29 bits per heavy atom. The van der Waals surface area contributed by atoms with E-state index in [0.717, 1.165) is 0 Å². The summed E-state index contributed by atoms with van der Waals surface area (Å²) >= 11 is 0. The average molecular weight is 306 g/mol. The second kappa shape index (κ2) is 5.70. The van der Waals surface area contributed by atoms with Crippen molar-refractivity contribution in [2.24, 2.45) is 0 Å². The Kier molecular flexibility index (Phi) is 3.97. The molecule has 0 radical (unpaired) electrons. The highest BCUT2D eigenvalue weighted by molar-refractivity contribution is 7.85. The Labute approximate surface area is 120 Å². The van der Waals surface area contributed by atoms with E-state index in [1.807, 2.05) is 6.07 Å². The molecule has 0 saturated carbocycles. The smallest absolute Gasteiger partial charge is 0.294 e. The molecule has 1 heterocycles. The molecule has 2 rings (SSSR count). The van der Waals surface area contributed by atoms with Gasteiger partial charge in [0, 0.05) is 11.9 Å². The maximum Gasteiger partial charge on any atom is 0.294 e. The molecule has 0 saturated heterocycles. The molecule has 3 N–H and O–H groups in total. The highest BCUT2D eigenvalue weighted by Gasteiger charge is 2.11. The lowest BCUT2D eigenvalue weighted by Gasteiger charge is -2.07. The molecule has 9 nitrogen and oxygen atoms in total. The first kappa shape index (κ1) is 14.6. The topological polar surface area (TPSA) is 145 Å².